The van der Waals surface area contributed by atoms with Gasteiger partial charge in [-0.15, -0.1) is 0 Å². The van der Waals surface area contributed by atoms with Crippen LogP contribution < -0.4 is 15.8 Å². The van der Waals surface area contributed by atoms with Gasteiger partial charge in [-0.25, -0.2) is 4.98 Å². The molecule has 3 aromatic rings. The van der Waals surface area contributed by atoms with Crippen molar-refractivity contribution in [3.63, 3.8) is 0 Å². The van der Waals surface area contributed by atoms with Crippen LogP contribution in [0.3, 0.4) is 0 Å². The quantitative estimate of drug-likeness (QED) is 0.611. The maximum absolute atomic E-state index is 11.2. The van der Waals surface area contributed by atoms with Crippen LogP contribution in [0.25, 0.3) is 0 Å². The molecule has 1 aliphatic rings. The van der Waals surface area contributed by atoms with Gasteiger partial charge in [0, 0.05) is 18.3 Å². The Morgan fingerprint density at radius 2 is 2.10 bits per heavy atom. The molecule has 0 aliphatic heterocycles. The monoisotopic (exact) mass is 401 g/mol. The first kappa shape index (κ1) is 20.1. The summed E-state index contributed by atoms with van der Waals surface area (Å²) in [6, 6.07) is 18.6. The first-order chi connectivity index (χ1) is 14.6. The van der Waals surface area contributed by atoms with E-state index in [-0.39, 0.29) is 0 Å². The summed E-state index contributed by atoms with van der Waals surface area (Å²) in [4.78, 5) is 15.3. The lowest BCUT2D eigenvalue weighted by Crippen LogP contribution is -2.27. The number of carbonyl (C=O) groups excluding carboxylic acids is 1. The van der Waals surface area contributed by atoms with Gasteiger partial charge < -0.3 is 15.8 Å². The molecule has 5 nitrogen and oxygen atoms in total. The van der Waals surface area contributed by atoms with Gasteiger partial charge in [0.15, 0.2) is 0 Å². The van der Waals surface area contributed by atoms with E-state index in [0.29, 0.717) is 17.5 Å². The molecule has 30 heavy (non-hydrogen) atoms. The van der Waals surface area contributed by atoms with Gasteiger partial charge in [-0.3, -0.25) is 4.79 Å². The van der Waals surface area contributed by atoms with Crippen LogP contribution in [0.15, 0.2) is 60.8 Å². The highest BCUT2D eigenvalue weighted by Crippen LogP contribution is 2.33. The van der Waals surface area contributed by atoms with E-state index < -0.39 is 5.91 Å². The van der Waals surface area contributed by atoms with Crippen LogP contribution >= 0.6 is 0 Å². The van der Waals surface area contributed by atoms with Crippen molar-refractivity contribution in [2.24, 2.45) is 5.73 Å². The molecule has 0 radical (unpaired) electrons. The fourth-order valence-corrected chi connectivity index (χ4v) is 4.03. The predicted octanol–water partition coefficient (Wildman–Crippen LogP) is 4.49. The number of fused-ring (bicyclic) bond motifs is 1. The zero-order chi connectivity index (χ0) is 20.9. The van der Waals surface area contributed by atoms with Gasteiger partial charge in [0.1, 0.15) is 5.75 Å². The summed E-state index contributed by atoms with van der Waals surface area (Å²) >= 11 is 0. The minimum Gasteiger partial charge on any atom is -0.439 e. The van der Waals surface area contributed by atoms with E-state index in [2.05, 4.69) is 53.6 Å². The minimum absolute atomic E-state index is 0.368. The Morgan fingerprint density at radius 1 is 1.20 bits per heavy atom. The third-order valence-corrected chi connectivity index (χ3v) is 5.56. The standard InChI is InChI=1S/C25H27N3O2/c1-17-4-2-5-18(14-17)12-13-27-23-7-3-6-19-15-21(9-10-22(19)23)30-24-11-8-20(16-28-24)25(26)29/h2,4-5,8-11,14-16,23,27H,3,6-7,12-13H2,1H3,(H2,26,29). The van der Waals surface area contributed by atoms with Crippen LogP contribution in [-0.4, -0.2) is 17.4 Å². The lowest BCUT2D eigenvalue weighted by atomic mass is 9.87. The number of ether oxygens (including phenoxy) is 1. The normalized spacial score (nSPS) is 15.4. The number of amides is 1. The second-order valence-corrected chi connectivity index (χ2v) is 7.85. The van der Waals surface area contributed by atoms with Crippen LogP contribution in [0.1, 0.15) is 51.5 Å². The Hall–Kier alpha value is -3.18. The molecule has 1 amide bonds. The van der Waals surface area contributed by atoms with Crippen LogP contribution in [0, 0.1) is 6.92 Å². The molecule has 2 aromatic carbocycles. The van der Waals surface area contributed by atoms with Gasteiger partial charge in [0.2, 0.25) is 11.8 Å². The maximum Gasteiger partial charge on any atom is 0.250 e. The van der Waals surface area contributed by atoms with Crippen molar-refractivity contribution in [3.8, 4) is 11.6 Å². The molecule has 5 heteroatoms. The van der Waals surface area contributed by atoms with Gasteiger partial charge in [-0.05, 0) is 74.0 Å². The van der Waals surface area contributed by atoms with Crippen LogP contribution in [0.4, 0.5) is 0 Å². The Kier molecular flexibility index (Phi) is 6.10. The number of primary amides is 1. The van der Waals surface area contributed by atoms with Crippen LogP contribution in [0.2, 0.25) is 0 Å². The zero-order valence-corrected chi connectivity index (χ0v) is 17.2. The number of carbonyl (C=O) groups is 1. The molecule has 1 heterocycles. The zero-order valence-electron chi connectivity index (χ0n) is 17.2. The molecule has 4 rings (SSSR count). The molecule has 0 bridgehead atoms. The van der Waals surface area contributed by atoms with Gasteiger partial charge in [0.05, 0.1) is 5.56 Å². The van der Waals surface area contributed by atoms with Crippen LogP contribution in [0.5, 0.6) is 11.6 Å². The Labute approximate surface area is 177 Å². The van der Waals surface area contributed by atoms with Crippen molar-refractivity contribution in [2.45, 2.75) is 38.6 Å². The average molecular weight is 402 g/mol. The van der Waals surface area contributed by atoms with Crippen molar-refractivity contribution < 1.29 is 9.53 Å². The second-order valence-electron chi connectivity index (χ2n) is 7.85. The van der Waals surface area contributed by atoms with E-state index in [9.17, 15) is 4.79 Å². The SMILES string of the molecule is Cc1cccc(CCNC2CCCc3cc(Oc4ccc(C(N)=O)cn4)ccc32)c1. The molecule has 154 valence electrons. The van der Waals surface area contributed by atoms with Gasteiger partial charge in [-0.2, -0.15) is 0 Å². The molecule has 1 unspecified atom stereocenters. The number of aryl methyl sites for hydroxylation is 2. The summed E-state index contributed by atoms with van der Waals surface area (Å²) in [5, 5.41) is 3.73. The smallest absolute Gasteiger partial charge is 0.250 e. The molecule has 1 aliphatic carbocycles. The molecule has 0 fully saturated rings. The Bertz CT molecular complexity index is 1030. The second kappa shape index (κ2) is 9.09. The first-order valence-corrected chi connectivity index (χ1v) is 10.4. The van der Waals surface area contributed by atoms with Crippen molar-refractivity contribution in [1.29, 1.82) is 0 Å². The number of nitrogens with one attached hydrogen (secondary N) is 1. The van der Waals surface area contributed by atoms with Gasteiger partial charge in [0.25, 0.3) is 0 Å². The number of nitrogens with zero attached hydrogens (tertiary/aromatic N) is 1. The van der Waals surface area contributed by atoms with E-state index >= 15 is 0 Å². The van der Waals surface area contributed by atoms with Crippen molar-refractivity contribution >= 4 is 5.91 Å². The highest BCUT2D eigenvalue weighted by atomic mass is 16.5. The number of hydrogen-bond donors (Lipinski definition) is 2. The van der Waals surface area contributed by atoms with E-state index in [1.54, 1.807) is 12.1 Å². The van der Waals surface area contributed by atoms with Gasteiger partial charge in [-0.1, -0.05) is 35.9 Å². The fraction of sp³-hybridized carbons (Fsp3) is 0.280. The van der Waals surface area contributed by atoms with Crippen molar-refractivity contribution in [3.05, 3.63) is 88.6 Å². The molecule has 0 spiro atoms. The third kappa shape index (κ3) is 4.86. The molecule has 1 aromatic heterocycles. The Balaban J connectivity index is 1.40. The fourth-order valence-electron chi connectivity index (χ4n) is 4.03. The number of pyridine rings is 1. The molecular weight excluding hydrogens is 374 g/mol. The third-order valence-electron chi connectivity index (χ3n) is 5.56. The number of benzene rings is 2. The molecule has 3 N–H and O–H groups in total. The summed E-state index contributed by atoms with van der Waals surface area (Å²) in [6.45, 7) is 3.09. The summed E-state index contributed by atoms with van der Waals surface area (Å²) < 4.78 is 5.88. The molecule has 0 saturated carbocycles. The highest BCUT2D eigenvalue weighted by molar-refractivity contribution is 5.92. The summed E-state index contributed by atoms with van der Waals surface area (Å²) in [6.07, 6.45) is 5.82. The molecule has 1 atom stereocenters. The topological polar surface area (TPSA) is 77.2 Å². The molecule has 0 saturated heterocycles. The lowest BCUT2D eigenvalue weighted by molar-refractivity contribution is 0.1000. The largest absolute Gasteiger partial charge is 0.439 e. The molecular formula is C25H27N3O2. The van der Waals surface area contributed by atoms with E-state index in [0.717, 1.165) is 38.0 Å². The van der Waals surface area contributed by atoms with E-state index in [1.807, 2.05) is 6.07 Å². The number of rotatable bonds is 7. The number of hydrogen-bond acceptors (Lipinski definition) is 4. The predicted molar refractivity (Wildman–Crippen MR) is 118 cm³/mol. The first-order valence-electron chi connectivity index (χ1n) is 10.4. The number of aromatic nitrogens is 1. The lowest BCUT2D eigenvalue weighted by Gasteiger charge is -2.27. The maximum atomic E-state index is 11.2. The summed E-state index contributed by atoms with van der Waals surface area (Å²) in [5.74, 6) is 0.709. The average Bonchev–Trinajstić information content (AvgIpc) is 2.74. The van der Waals surface area contributed by atoms with Gasteiger partial charge >= 0.3 is 0 Å². The summed E-state index contributed by atoms with van der Waals surface area (Å²) in [5.41, 5.74) is 11.0. The Morgan fingerprint density at radius 3 is 2.87 bits per heavy atom. The van der Waals surface area contributed by atoms with Crippen molar-refractivity contribution in [1.82, 2.24) is 10.3 Å². The summed E-state index contributed by atoms with van der Waals surface area (Å²) in [7, 11) is 0. The van der Waals surface area contributed by atoms with E-state index in [4.69, 9.17) is 10.5 Å². The number of nitrogens with two attached hydrogens (primary N) is 1. The minimum atomic E-state index is -0.497. The van der Waals surface area contributed by atoms with Crippen LogP contribution in [-0.2, 0) is 12.8 Å². The van der Waals surface area contributed by atoms with E-state index in [1.165, 1.54) is 28.5 Å². The highest BCUT2D eigenvalue weighted by Gasteiger charge is 2.20. The van der Waals surface area contributed by atoms with Crippen molar-refractivity contribution in [2.75, 3.05) is 6.54 Å².